The highest BCUT2D eigenvalue weighted by atomic mass is 79.9. The maximum absolute atomic E-state index is 12.4. The van der Waals surface area contributed by atoms with Crippen LogP contribution in [0.5, 0.6) is 0 Å². The van der Waals surface area contributed by atoms with Crippen molar-refractivity contribution >= 4 is 39.3 Å². The largest absolute Gasteiger partial charge is 0.324 e. The molecule has 0 bridgehead atoms. The summed E-state index contributed by atoms with van der Waals surface area (Å²) in [7, 11) is 1.97. The van der Waals surface area contributed by atoms with E-state index in [0.717, 1.165) is 26.7 Å². The number of carbonyl (C=O) groups is 1. The molecular weight excluding hydrogens is 376 g/mol. The molecule has 1 aliphatic carbocycles. The van der Waals surface area contributed by atoms with E-state index in [1.165, 1.54) is 24.6 Å². The molecular formula is C16H19BrN4OS. The number of nitrogens with one attached hydrogen (secondary N) is 1. The topological polar surface area (TPSA) is 59.8 Å². The molecule has 1 aromatic carbocycles. The fourth-order valence-corrected chi connectivity index (χ4v) is 3.71. The zero-order chi connectivity index (χ0) is 16.6. The summed E-state index contributed by atoms with van der Waals surface area (Å²) in [6, 6.07) is 5.86. The smallest absolute Gasteiger partial charge is 0.237 e. The van der Waals surface area contributed by atoms with Crippen LogP contribution >= 0.6 is 27.7 Å². The second-order valence-electron chi connectivity index (χ2n) is 5.91. The van der Waals surface area contributed by atoms with Crippen LogP contribution in [0.15, 0.2) is 27.8 Å². The highest BCUT2D eigenvalue weighted by Gasteiger charge is 2.30. The number of aromatic nitrogens is 3. The summed E-state index contributed by atoms with van der Waals surface area (Å²) in [6.45, 7) is 3.90. The normalized spacial score (nSPS) is 15.5. The Kier molecular flexibility index (Phi) is 4.77. The number of aryl methyl sites for hydroxylation is 1. The minimum absolute atomic E-state index is 0.0458. The highest BCUT2D eigenvalue weighted by Crippen LogP contribution is 2.39. The predicted octanol–water partition coefficient (Wildman–Crippen LogP) is 3.88. The molecule has 1 heterocycles. The predicted molar refractivity (Wildman–Crippen MR) is 95.8 cm³/mol. The van der Waals surface area contributed by atoms with Crippen molar-refractivity contribution < 1.29 is 4.79 Å². The van der Waals surface area contributed by atoms with Crippen LogP contribution in [0.3, 0.4) is 0 Å². The van der Waals surface area contributed by atoms with Gasteiger partial charge in [-0.15, -0.1) is 10.2 Å². The van der Waals surface area contributed by atoms with E-state index < -0.39 is 0 Å². The van der Waals surface area contributed by atoms with E-state index in [0.29, 0.717) is 5.92 Å². The molecule has 1 amide bonds. The molecule has 1 aromatic heterocycles. The van der Waals surface area contributed by atoms with Crippen LogP contribution in [-0.2, 0) is 11.8 Å². The van der Waals surface area contributed by atoms with Crippen LogP contribution in [0.25, 0.3) is 0 Å². The number of nitrogens with zero attached hydrogens (tertiary/aromatic N) is 3. The lowest BCUT2D eigenvalue weighted by molar-refractivity contribution is -0.115. The van der Waals surface area contributed by atoms with Crippen molar-refractivity contribution in [3.05, 3.63) is 34.1 Å². The standard InChI is InChI=1S/C16H19BrN4OS/c1-9-4-7-13(12(17)8-9)18-15(22)10(2)23-16-20-19-14(21(16)3)11-5-6-11/h4,7-8,10-11H,5-6H2,1-3H3,(H,18,22)/t10-/m1/s1. The van der Waals surface area contributed by atoms with Crippen molar-refractivity contribution in [3.8, 4) is 0 Å². The quantitative estimate of drug-likeness (QED) is 0.781. The number of hydrogen-bond acceptors (Lipinski definition) is 4. The Balaban J connectivity index is 1.65. The fourth-order valence-electron chi connectivity index (χ4n) is 2.29. The first-order valence-electron chi connectivity index (χ1n) is 7.58. The highest BCUT2D eigenvalue weighted by molar-refractivity contribution is 9.10. The maximum atomic E-state index is 12.4. The number of benzene rings is 1. The number of thioether (sulfide) groups is 1. The first-order chi connectivity index (χ1) is 11.0. The van der Waals surface area contributed by atoms with Gasteiger partial charge in [0.1, 0.15) is 5.82 Å². The van der Waals surface area contributed by atoms with Crippen molar-refractivity contribution in [3.63, 3.8) is 0 Å². The van der Waals surface area contributed by atoms with Gasteiger partial charge >= 0.3 is 0 Å². The number of carbonyl (C=O) groups excluding carboxylic acids is 1. The zero-order valence-corrected chi connectivity index (χ0v) is 15.7. The lowest BCUT2D eigenvalue weighted by Crippen LogP contribution is -2.23. The van der Waals surface area contributed by atoms with E-state index in [4.69, 9.17) is 0 Å². The Morgan fingerprint density at radius 3 is 2.83 bits per heavy atom. The monoisotopic (exact) mass is 394 g/mol. The molecule has 7 heteroatoms. The first kappa shape index (κ1) is 16.5. The Morgan fingerprint density at radius 2 is 2.17 bits per heavy atom. The van der Waals surface area contributed by atoms with Crippen molar-refractivity contribution in [1.29, 1.82) is 0 Å². The average molecular weight is 395 g/mol. The van der Waals surface area contributed by atoms with Crippen LogP contribution in [0.2, 0.25) is 0 Å². The zero-order valence-electron chi connectivity index (χ0n) is 13.3. The van der Waals surface area contributed by atoms with E-state index in [1.54, 1.807) is 0 Å². The summed E-state index contributed by atoms with van der Waals surface area (Å²) in [5, 5.41) is 12.0. The molecule has 1 saturated carbocycles. The van der Waals surface area contributed by atoms with E-state index in [9.17, 15) is 4.79 Å². The van der Waals surface area contributed by atoms with Crippen LogP contribution in [0.1, 0.15) is 37.1 Å². The molecule has 0 unspecified atom stereocenters. The lowest BCUT2D eigenvalue weighted by atomic mass is 10.2. The Bertz CT molecular complexity index is 742. The van der Waals surface area contributed by atoms with E-state index >= 15 is 0 Å². The summed E-state index contributed by atoms with van der Waals surface area (Å²) in [6.07, 6.45) is 2.38. The van der Waals surface area contributed by atoms with Gasteiger partial charge in [0.25, 0.3) is 0 Å². The van der Waals surface area contributed by atoms with Crippen LogP contribution in [0, 0.1) is 6.92 Å². The lowest BCUT2D eigenvalue weighted by Gasteiger charge is -2.13. The Hall–Kier alpha value is -1.34. The van der Waals surface area contributed by atoms with Gasteiger partial charge < -0.3 is 9.88 Å². The van der Waals surface area contributed by atoms with Gasteiger partial charge in [0.05, 0.1) is 10.9 Å². The summed E-state index contributed by atoms with van der Waals surface area (Å²) >= 11 is 4.92. The molecule has 0 radical (unpaired) electrons. The van der Waals surface area contributed by atoms with Gasteiger partial charge in [-0.05, 0) is 60.3 Å². The minimum Gasteiger partial charge on any atom is -0.324 e. The molecule has 2 aromatic rings. The van der Waals surface area contributed by atoms with Gasteiger partial charge in [-0.2, -0.15) is 0 Å². The summed E-state index contributed by atoms with van der Waals surface area (Å²) in [5.74, 6) is 1.53. The average Bonchev–Trinajstić information content (AvgIpc) is 3.28. The molecule has 3 rings (SSSR count). The number of rotatable bonds is 5. The van der Waals surface area contributed by atoms with Crippen LogP contribution in [0.4, 0.5) is 5.69 Å². The third-order valence-corrected chi connectivity index (χ3v) is 5.63. The van der Waals surface area contributed by atoms with Crippen LogP contribution in [-0.4, -0.2) is 25.9 Å². The Labute approximate surface area is 148 Å². The van der Waals surface area contributed by atoms with Gasteiger partial charge in [0.2, 0.25) is 5.91 Å². The van der Waals surface area contributed by atoms with Crippen molar-refractivity contribution in [2.24, 2.45) is 7.05 Å². The molecule has 23 heavy (non-hydrogen) atoms. The SMILES string of the molecule is Cc1ccc(NC(=O)[C@@H](C)Sc2nnc(C3CC3)n2C)c(Br)c1. The minimum atomic E-state index is -0.252. The third kappa shape index (κ3) is 3.77. The summed E-state index contributed by atoms with van der Waals surface area (Å²) in [4.78, 5) is 12.4. The molecule has 1 fully saturated rings. The number of amides is 1. The number of halogens is 1. The summed E-state index contributed by atoms with van der Waals surface area (Å²) in [5.41, 5.74) is 1.92. The van der Waals surface area contributed by atoms with Gasteiger partial charge in [0, 0.05) is 17.4 Å². The second kappa shape index (κ2) is 6.65. The van der Waals surface area contributed by atoms with E-state index in [-0.39, 0.29) is 11.2 Å². The molecule has 5 nitrogen and oxygen atoms in total. The number of hydrogen-bond donors (Lipinski definition) is 1. The third-order valence-electron chi connectivity index (χ3n) is 3.84. The van der Waals surface area contributed by atoms with Crippen molar-refractivity contribution in [2.75, 3.05) is 5.32 Å². The van der Waals surface area contributed by atoms with Gasteiger partial charge in [0.15, 0.2) is 5.16 Å². The van der Waals surface area contributed by atoms with Crippen molar-refractivity contribution in [2.45, 2.75) is 43.0 Å². The molecule has 1 aliphatic rings. The van der Waals surface area contributed by atoms with Gasteiger partial charge in [-0.1, -0.05) is 17.8 Å². The fraction of sp³-hybridized carbons (Fsp3) is 0.438. The van der Waals surface area contributed by atoms with Gasteiger partial charge in [-0.3, -0.25) is 4.79 Å². The van der Waals surface area contributed by atoms with Crippen molar-refractivity contribution in [1.82, 2.24) is 14.8 Å². The molecule has 0 spiro atoms. The number of anilines is 1. The van der Waals surface area contributed by atoms with E-state index in [1.807, 2.05) is 43.7 Å². The molecule has 122 valence electrons. The molecule has 1 N–H and O–H groups in total. The second-order valence-corrected chi connectivity index (χ2v) is 8.07. The first-order valence-corrected chi connectivity index (χ1v) is 9.26. The van der Waals surface area contributed by atoms with E-state index in [2.05, 4.69) is 31.4 Å². The molecule has 0 saturated heterocycles. The Morgan fingerprint density at radius 1 is 1.43 bits per heavy atom. The van der Waals surface area contributed by atoms with Crippen LogP contribution < -0.4 is 5.32 Å². The molecule has 1 atom stereocenters. The maximum Gasteiger partial charge on any atom is 0.237 e. The summed E-state index contributed by atoms with van der Waals surface area (Å²) < 4.78 is 2.89. The molecule has 0 aliphatic heterocycles. The van der Waals surface area contributed by atoms with Gasteiger partial charge in [-0.25, -0.2) is 0 Å².